The molecule has 0 saturated heterocycles. The maximum absolute atomic E-state index is 6.14. The SMILES string of the molecule is CC(C)(C)c1ccnc(-n2c3[c-]c(C(=C(c4ccccc4)c4ccccc4)c4[c-]c(N5[CH-]N(c6ccccc6)c6cccnc65)ccc4)ccc3c3occc32)c1.[Pt]. The molecule has 0 unspecified atom stereocenters. The van der Waals surface area contributed by atoms with Crippen molar-refractivity contribution in [2.75, 3.05) is 9.80 Å². The van der Waals surface area contributed by atoms with Crippen LogP contribution in [0, 0.1) is 18.8 Å². The van der Waals surface area contributed by atoms with Gasteiger partial charge in [0.2, 0.25) is 0 Å². The second-order valence-corrected chi connectivity index (χ2v) is 15.2. The van der Waals surface area contributed by atoms with Crippen molar-refractivity contribution >= 4 is 56.0 Å². The molecular formula is C51H38N5OPt-3. The van der Waals surface area contributed by atoms with Gasteiger partial charge in [-0.25, -0.2) is 9.97 Å². The molecule has 9 aromatic rings. The number of rotatable bonds is 7. The Hall–Kier alpha value is -6.49. The van der Waals surface area contributed by atoms with Gasteiger partial charge in [0.15, 0.2) is 0 Å². The summed E-state index contributed by atoms with van der Waals surface area (Å²) in [6.45, 7) is 8.77. The first kappa shape index (κ1) is 37.1. The fourth-order valence-corrected chi connectivity index (χ4v) is 7.82. The van der Waals surface area contributed by atoms with Crippen molar-refractivity contribution in [2.24, 2.45) is 0 Å². The molecule has 5 heterocycles. The average molecular weight is 932 g/mol. The van der Waals surface area contributed by atoms with E-state index in [9.17, 15) is 0 Å². The Morgan fingerprint density at radius 1 is 0.638 bits per heavy atom. The number of fused-ring (bicyclic) bond motifs is 4. The predicted molar refractivity (Wildman–Crippen MR) is 231 cm³/mol. The van der Waals surface area contributed by atoms with E-state index < -0.39 is 0 Å². The van der Waals surface area contributed by atoms with E-state index in [4.69, 9.17) is 14.4 Å². The molecule has 10 rings (SSSR count). The summed E-state index contributed by atoms with van der Waals surface area (Å²) in [4.78, 5) is 14.1. The van der Waals surface area contributed by atoms with Crippen LogP contribution in [0.25, 0.3) is 39.0 Å². The third kappa shape index (κ3) is 6.54. The molecule has 0 N–H and O–H groups in total. The van der Waals surface area contributed by atoms with Crippen LogP contribution in [0.4, 0.5) is 22.9 Å². The van der Waals surface area contributed by atoms with Crippen molar-refractivity contribution in [1.82, 2.24) is 14.5 Å². The van der Waals surface area contributed by atoms with Gasteiger partial charge < -0.3 is 18.8 Å². The number of nitrogens with zero attached hydrogens (tertiary/aromatic N) is 5. The molecule has 0 aliphatic carbocycles. The Balaban J connectivity index is 0.00000436. The van der Waals surface area contributed by atoms with Gasteiger partial charge in [-0.1, -0.05) is 105 Å². The molecule has 6 nitrogen and oxygen atoms in total. The molecule has 7 heteroatoms. The van der Waals surface area contributed by atoms with Gasteiger partial charge in [0, 0.05) is 45.2 Å². The van der Waals surface area contributed by atoms with Crippen LogP contribution < -0.4 is 9.80 Å². The summed E-state index contributed by atoms with van der Waals surface area (Å²) < 4.78 is 8.31. The standard InChI is InChI=1S/C51H38N5O.Pt/c1-51(2,3)39-26-29-52-46(33-39)56-43-27-30-57-49(43)42-25-24-38(32-45(42)56)48(47(35-15-7-4-8-16-35)36-17-9-5-10-18-36)37-19-13-22-41(31-37)55-34-54(40-20-11-6-12-21-40)44-23-14-28-53-50(44)55;/h4-30,33-34H,1-3H3;/q-3;. The second kappa shape index (κ2) is 15.1. The van der Waals surface area contributed by atoms with Crippen molar-refractivity contribution in [3.05, 3.63) is 217 Å². The number of benzene rings is 5. The van der Waals surface area contributed by atoms with E-state index in [1.165, 1.54) is 5.56 Å². The van der Waals surface area contributed by atoms with E-state index in [2.05, 4.69) is 187 Å². The molecule has 4 aromatic heterocycles. The normalized spacial score (nSPS) is 12.5. The van der Waals surface area contributed by atoms with Crippen molar-refractivity contribution < 1.29 is 25.5 Å². The van der Waals surface area contributed by atoms with E-state index in [1.54, 1.807) is 6.26 Å². The van der Waals surface area contributed by atoms with Crippen LogP contribution in [0.3, 0.4) is 0 Å². The molecule has 58 heavy (non-hydrogen) atoms. The van der Waals surface area contributed by atoms with E-state index >= 15 is 0 Å². The Bertz CT molecular complexity index is 2890. The zero-order chi connectivity index (χ0) is 38.5. The Labute approximate surface area is 353 Å². The summed E-state index contributed by atoms with van der Waals surface area (Å²) in [5, 5.41) is 0.968. The Morgan fingerprint density at radius 3 is 2.07 bits per heavy atom. The molecule has 0 spiro atoms. The molecule has 1 aliphatic heterocycles. The molecule has 0 amide bonds. The van der Waals surface area contributed by atoms with Crippen molar-refractivity contribution in [3.8, 4) is 5.82 Å². The number of furan rings is 1. The van der Waals surface area contributed by atoms with Crippen LogP contribution in [0.5, 0.6) is 0 Å². The van der Waals surface area contributed by atoms with Gasteiger partial charge in [-0.05, 0) is 75.0 Å². The minimum absolute atomic E-state index is 0. The van der Waals surface area contributed by atoms with Gasteiger partial charge in [-0.2, -0.15) is 0 Å². The van der Waals surface area contributed by atoms with E-state index in [0.717, 1.165) is 84.1 Å². The number of anilines is 4. The summed E-state index contributed by atoms with van der Waals surface area (Å²) >= 11 is 0. The third-order valence-corrected chi connectivity index (χ3v) is 10.6. The van der Waals surface area contributed by atoms with Crippen LogP contribution in [0.2, 0.25) is 0 Å². The smallest absolute Gasteiger partial charge is 0.136 e. The van der Waals surface area contributed by atoms with Gasteiger partial charge >= 0.3 is 0 Å². The van der Waals surface area contributed by atoms with Crippen molar-refractivity contribution in [3.63, 3.8) is 0 Å². The molecule has 0 bridgehead atoms. The summed E-state index contributed by atoms with van der Waals surface area (Å²) in [6.07, 6.45) is 5.49. The number of pyridine rings is 2. The first-order chi connectivity index (χ1) is 27.9. The van der Waals surface area contributed by atoms with Gasteiger partial charge in [0.25, 0.3) is 0 Å². The molecule has 286 valence electrons. The molecule has 5 aromatic carbocycles. The summed E-state index contributed by atoms with van der Waals surface area (Å²) in [5.41, 5.74) is 12.8. The van der Waals surface area contributed by atoms with Gasteiger partial charge in [-0.15, -0.1) is 65.8 Å². The van der Waals surface area contributed by atoms with Crippen LogP contribution in [-0.4, -0.2) is 14.5 Å². The molecule has 0 fully saturated rings. The van der Waals surface area contributed by atoms with Gasteiger partial charge in [0.05, 0.1) is 17.5 Å². The maximum atomic E-state index is 6.14. The summed E-state index contributed by atoms with van der Waals surface area (Å²) in [7, 11) is 0. The minimum Gasteiger partial charge on any atom is -0.473 e. The Kier molecular flexibility index (Phi) is 9.67. The topological polar surface area (TPSA) is 50.3 Å². The van der Waals surface area contributed by atoms with Crippen molar-refractivity contribution in [2.45, 2.75) is 26.2 Å². The number of aromatic nitrogens is 3. The monoisotopic (exact) mass is 931 g/mol. The van der Waals surface area contributed by atoms with Crippen LogP contribution in [0.15, 0.2) is 175 Å². The summed E-state index contributed by atoms with van der Waals surface area (Å²) in [5.74, 6) is 1.66. The first-order valence-corrected chi connectivity index (χ1v) is 19.1. The predicted octanol–water partition coefficient (Wildman–Crippen LogP) is 12.5. The molecule has 0 saturated carbocycles. The van der Waals surface area contributed by atoms with E-state index in [1.807, 2.05) is 30.6 Å². The van der Waals surface area contributed by atoms with Crippen LogP contribution >= 0.6 is 0 Å². The number of para-hydroxylation sites is 1. The maximum Gasteiger partial charge on any atom is 0.136 e. The fourth-order valence-electron chi connectivity index (χ4n) is 7.82. The number of hydrogen-bond acceptors (Lipinski definition) is 5. The van der Waals surface area contributed by atoms with Crippen LogP contribution in [-0.2, 0) is 26.5 Å². The molecule has 0 radical (unpaired) electrons. The quantitative estimate of drug-likeness (QED) is 0.118. The summed E-state index contributed by atoms with van der Waals surface area (Å²) in [6, 6.07) is 60.4. The zero-order valence-corrected chi connectivity index (χ0v) is 34.5. The first-order valence-electron chi connectivity index (χ1n) is 19.1. The van der Waals surface area contributed by atoms with Crippen molar-refractivity contribution in [1.29, 1.82) is 0 Å². The second-order valence-electron chi connectivity index (χ2n) is 15.2. The molecule has 0 atom stereocenters. The average Bonchev–Trinajstić information content (AvgIpc) is 3.97. The van der Waals surface area contributed by atoms with Gasteiger partial charge in [0.1, 0.15) is 17.2 Å². The largest absolute Gasteiger partial charge is 0.473 e. The van der Waals surface area contributed by atoms with Crippen LogP contribution in [0.1, 0.15) is 48.6 Å². The molecule has 1 aliphatic rings. The Morgan fingerprint density at radius 2 is 1.34 bits per heavy atom. The van der Waals surface area contributed by atoms with Gasteiger partial charge in [-0.3, -0.25) is 0 Å². The minimum atomic E-state index is -0.0526. The zero-order valence-electron chi connectivity index (χ0n) is 32.2. The fraction of sp³-hybridized carbons (Fsp3) is 0.0784. The van der Waals surface area contributed by atoms with E-state index in [0.29, 0.717) is 0 Å². The number of hydrogen-bond donors (Lipinski definition) is 0. The molecular weight excluding hydrogens is 894 g/mol. The van der Waals surface area contributed by atoms with E-state index in [-0.39, 0.29) is 26.5 Å². The third-order valence-electron chi connectivity index (χ3n) is 10.6.